The van der Waals surface area contributed by atoms with Crippen molar-refractivity contribution in [3.63, 3.8) is 0 Å². The molecule has 0 unspecified atom stereocenters. The molecule has 126 valence electrons. The van der Waals surface area contributed by atoms with Crippen LogP contribution in [0.25, 0.3) is 10.8 Å². The minimum absolute atomic E-state index is 0.0963. The molecule has 7 heteroatoms. The van der Waals surface area contributed by atoms with Crippen LogP contribution in [-0.2, 0) is 9.53 Å². The molecule has 1 aromatic heterocycles. The lowest BCUT2D eigenvalue weighted by Gasteiger charge is -2.35. The number of aromatic amines is 1. The number of benzene rings is 1. The number of hydrogen-bond donors (Lipinski definition) is 2. The summed E-state index contributed by atoms with van der Waals surface area (Å²) in [7, 11) is 1.32. The SMILES string of the molecule is COC(=O)C1(NC(=O)c2n[nH]c(=O)c3ccccc23)CCCCC1. The van der Waals surface area contributed by atoms with Crippen LogP contribution in [0.1, 0.15) is 42.6 Å². The van der Waals surface area contributed by atoms with Crippen LogP contribution in [0.5, 0.6) is 0 Å². The summed E-state index contributed by atoms with van der Waals surface area (Å²) in [5.74, 6) is -0.931. The molecule has 3 rings (SSSR count). The van der Waals surface area contributed by atoms with E-state index in [2.05, 4.69) is 15.5 Å². The third-order valence-corrected chi connectivity index (χ3v) is 4.55. The molecule has 0 bridgehead atoms. The van der Waals surface area contributed by atoms with Crippen LogP contribution in [-0.4, -0.2) is 34.7 Å². The summed E-state index contributed by atoms with van der Waals surface area (Å²) < 4.78 is 4.90. The smallest absolute Gasteiger partial charge is 0.331 e. The van der Waals surface area contributed by atoms with Crippen molar-refractivity contribution in [3.8, 4) is 0 Å². The van der Waals surface area contributed by atoms with Gasteiger partial charge in [-0.1, -0.05) is 37.5 Å². The molecule has 1 aromatic carbocycles. The zero-order valence-corrected chi connectivity index (χ0v) is 13.4. The van der Waals surface area contributed by atoms with E-state index in [9.17, 15) is 14.4 Å². The Morgan fingerprint density at radius 3 is 2.50 bits per heavy atom. The minimum Gasteiger partial charge on any atom is -0.467 e. The van der Waals surface area contributed by atoms with Crippen molar-refractivity contribution in [2.24, 2.45) is 0 Å². The van der Waals surface area contributed by atoms with E-state index in [1.165, 1.54) is 7.11 Å². The third kappa shape index (κ3) is 2.77. The molecule has 0 aliphatic heterocycles. The van der Waals surface area contributed by atoms with Crippen molar-refractivity contribution in [2.75, 3.05) is 7.11 Å². The molecule has 7 nitrogen and oxygen atoms in total. The molecule has 0 saturated heterocycles. The van der Waals surface area contributed by atoms with Crippen LogP contribution in [0.15, 0.2) is 29.1 Å². The second kappa shape index (κ2) is 6.43. The maximum absolute atomic E-state index is 12.8. The highest BCUT2D eigenvalue weighted by atomic mass is 16.5. The topological polar surface area (TPSA) is 101 Å². The zero-order chi connectivity index (χ0) is 17.2. The molecule has 24 heavy (non-hydrogen) atoms. The number of amides is 1. The second-order valence-electron chi connectivity index (χ2n) is 6.04. The number of ether oxygens (including phenoxy) is 1. The van der Waals surface area contributed by atoms with E-state index in [-0.39, 0.29) is 11.3 Å². The van der Waals surface area contributed by atoms with E-state index >= 15 is 0 Å². The zero-order valence-electron chi connectivity index (χ0n) is 13.4. The number of rotatable bonds is 3. The predicted octanol–water partition coefficient (Wildman–Crippen LogP) is 1.53. The molecule has 1 heterocycles. The highest BCUT2D eigenvalue weighted by Crippen LogP contribution is 2.30. The Balaban J connectivity index is 1.98. The van der Waals surface area contributed by atoms with E-state index in [1.54, 1.807) is 24.3 Å². The molecule has 0 spiro atoms. The van der Waals surface area contributed by atoms with E-state index in [4.69, 9.17) is 4.74 Å². The molecule has 1 saturated carbocycles. The van der Waals surface area contributed by atoms with Crippen molar-refractivity contribution >= 4 is 22.6 Å². The maximum Gasteiger partial charge on any atom is 0.331 e. The van der Waals surface area contributed by atoms with Gasteiger partial charge in [0.05, 0.1) is 12.5 Å². The Bertz CT molecular complexity index is 837. The number of aromatic nitrogens is 2. The third-order valence-electron chi connectivity index (χ3n) is 4.55. The lowest BCUT2D eigenvalue weighted by Crippen LogP contribution is -2.56. The lowest BCUT2D eigenvalue weighted by atomic mass is 9.81. The van der Waals surface area contributed by atoms with Crippen molar-refractivity contribution < 1.29 is 14.3 Å². The highest BCUT2D eigenvalue weighted by Gasteiger charge is 2.42. The summed E-state index contributed by atoms with van der Waals surface area (Å²) in [6.07, 6.45) is 3.78. The number of methoxy groups -OCH3 is 1. The van der Waals surface area contributed by atoms with E-state index in [1.807, 2.05) is 0 Å². The number of hydrogen-bond acceptors (Lipinski definition) is 5. The molecule has 0 atom stereocenters. The maximum atomic E-state index is 12.8. The number of carbonyl (C=O) groups excluding carboxylic acids is 2. The first kappa shape index (κ1) is 16.2. The van der Waals surface area contributed by atoms with Gasteiger partial charge in [-0.15, -0.1) is 0 Å². The van der Waals surface area contributed by atoms with Crippen molar-refractivity contribution in [3.05, 3.63) is 40.3 Å². The van der Waals surface area contributed by atoms with Gasteiger partial charge in [0.15, 0.2) is 5.69 Å². The Hall–Kier alpha value is -2.70. The summed E-state index contributed by atoms with van der Waals surface area (Å²) in [5.41, 5.74) is -1.29. The van der Waals surface area contributed by atoms with E-state index in [0.717, 1.165) is 19.3 Å². The predicted molar refractivity (Wildman–Crippen MR) is 87.7 cm³/mol. The van der Waals surface area contributed by atoms with Crippen LogP contribution >= 0.6 is 0 Å². The number of H-pyrrole nitrogens is 1. The Labute approximate surface area is 138 Å². The molecule has 1 fully saturated rings. The first-order valence-electron chi connectivity index (χ1n) is 7.96. The molecular formula is C17H19N3O4. The number of carbonyl (C=O) groups is 2. The van der Waals surface area contributed by atoms with Gasteiger partial charge < -0.3 is 10.1 Å². The van der Waals surface area contributed by atoms with Gasteiger partial charge in [0, 0.05) is 5.39 Å². The molecule has 2 aromatic rings. The van der Waals surface area contributed by atoms with E-state index < -0.39 is 17.4 Å². The molecule has 0 radical (unpaired) electrons. The summed E-state index contributed by atoms with van der Waals surface area (Å²) in [6, 6.07) is 6.74. The first-order chi connectivity index (χ1) is 11.6. The molecular weight excluding hydrogens is 310 g/mol. The van der Waals surface area contributed by atoms with Gasteiger partial charge in [-0.05, 0) is 18.9 Å². The van der Waals surface area contributed by atoms with Gasteiger partial charge in [-0.2, -0.15) is 5.10 Å². The summed E-state index contributed by atoms with van der Waals surface area (Å²) in [4.78, 5) is 36.9. The molecule has 2 N–H and O–H groups in total. The monoisotopic (exact) mass is 329 g/mol. The van der Waals surface area contributed by atoms with Crippen molar-refractivity contribution in [2.45, 2.75) is 37.6 Å². The van der Waals surface area contributed by atoms with Crippen LogP contribution in [0.2, 0.25) is 0 Å². The number of fused-ring (bicyclic) bond motifs is 1. The number of nitrogens with zero attached hydrogens (tertiary/aromatic N) is 1. The average molecular weight is 329 g/mol. The normalized spacial score (nSPS) is 16.5. The summed E-state index contributed by atoms with van der Waals surface area (Å²) >= 11 is 0. The lowest BCUT2D eigenvalue weighted by molar-refractivity contribution is -0.149. The summed E-state index contributed by atoms with van der Waals surface area (Å²) in [5, 5.41) is 9.87. The van der Waals surface area contributed by atoms with Gasteiger partial charge >= 0.3 is 5.97 Å². The van der Waals surface area contributed by atoms with E-state index in [0.29, 0.717) is 23.6 Å². The van der Waals surface area contributed by atoms with Gasteiger partial charge in [0.1, 0.15) is 5.54 Å². The minimum atomic E-state index is -1.02. The fourth-order valence-electron chi connectivity index (χ4n) is 3.30. The summed E-state index contributed by atoms with van der Waals surface area (Å²) in [6.45, 7) is 0. The largest absolute Gasteiger partial charge is 0.467 e. The highest BCUT2D eigenvalue weighted by molar-refractivity contribution is 6.06. The van der Waals surface area contributed by atoms with Crippen molar-refractivity contribution in [1.29, 1.82) is 0 Å². The molecule has 1 amide bonds. The average Bonchev–Trinajstić information content (AvgIpc) is 2.62. The van der Waals surface area contributed by atoms with Crippen LogP contribution < -0.4 is 10.9 Å². The number of nitrogens with one attached hydrogen (secondary N) is 2. The fourth-order valence-corrected chi connectivity index (χ4v) is 3.30. The first-order valence-corrected chi connectivity index (χ1v) is 7.96. The molecule has 1 aliphatic carbocycles. The van der Waals surface area contributed by atoms with Gasteiger partial charge in [-0.3, -0.25) is 9.59 Å². The quantitative estimate of drug-likeness (QED) is 0.832. The van der Waals surface area contributed by atoms with Gasteiger partial charge in [0.2, 0.25) is 0 Å². The standard InChI is InChI=1S/C17H19N3O4/c1-24-16(23)17(9-5-2-6-10-17)18-15(22)13-11-7-3-4-8-12(11)14(21)20-19-13/h3-4,7-8H,2,5-6,9-10H2,1H3,(H,18,22)(H,20,21). The van der Waals surface area contributed by atoms with Crippen molar-refractivity contribution in [1.82, 2.24) is 15.5 Å². The second-order valence-corrected chi connectivity index (χ2v) is 6.04. The van der Waals surface area contributed by atoms with Crippen LogP contribution in [0, 0.1) is 0 Å². The van der Waals surface area contributed by atoms with Crippen LogP contribution in [0.3, 0.4) is 0 Å². The van der Waals surface area contributed by atoms with Gasteiger partial charge in [-0.25, -0.2) is 9.89 Å². The van der Waals surface area contributed by atoms with Crippen LogP contribution in [0.4, 0.5) is 0 Å². The Morgan fingerprint density at radius 2 is 1.83 bits per heavy atom. The fraction of sp³-hybridized carbons (Fsp3) is 0.412. The Kier molecular flexibility index (Phi) is 4.33. The molecule has 1 aliphatic rings. The van der Waals surface area contributed by atoms with Gasteiger partial charge in [0.25, 0.3) is 11.5 Å². The number of esters is 1. The Morgan fingerprint density at radius 1 is 1.17 bits per heavy atom.